The van der Waals surface area contributed by atoms with Gasteiger partial charge in [-0.25, -0.2) is 0 Å². The summed E-state index contributed by atoms with van der Waals surface area (Å²) in [7, 11) is 0. The monoisotopic (exact) mass is 357 g/mol. The molecule has 7 heteroatoms. The zero-order valence-electron chi connectivity index (χ0n) is 13.7. The fraction of sp³-hybridized carbons (Fsp3) is 0.167. The van der Waals surface area contributed by atoms with Crippen molar-refractivity contribution < 1.29 is 14.4 Å². The maximum atomic E-state index is 12.1. The molecule has 0 atom stereocenters. The molecule has 0 radical (unpaired) electrons. The van der Waals surface area contributed by atoms with E-state index in [9.17, 15) is 14.4 Å². The van der Waals surface area contributed by atoms with Crippen molar-refractivity contribution >= 4 is 36.0 Å². The third-order valence-corrected chi connectivity index (χ3v) is 3.68. The number of hydrogen-bond acceptors (Lipinski definition) is 4. The summed E-state index contributed by atoms with van der Waals surface area (Å²) >= 11 is 4.24. The average Bonchev–Trinajstić information content (AvgIpc) is 2.58. The minimum absolute atomic E-state index is 0.204. The summed E-state index contributed by atoms with van der Waals surface area (Å²) in [6.45, 7) is 1.97. The number of carbonyl (C=O) groups excluding carboxylic acids is 3. The fourth-order valence-electron chi connectivity index (χ4n) is 2.16. The Balaban J connectivity index is 1.82. The minimum Gasteiger partial charge on any atom is -0.350 e. The maximum absolute atomic E-state index is 12.1. The maximum Gasteiger partial charge on any atom is 0.252 e. The lowest BCUT2D eigenvalue weighted by Gasteiger charge is -2.09. The molecule has 0 aliphatic carbocycles. The van der Waals surface area contributed by atoms with Crippen LogP contribution >= 0.6 is 12.6 Å². The molecule has 0 bridgehead atoms. The lowest BCUT2D eigenvalue weighted by Crippen LogP contribution is -2.34. The van der Waals surface area contributed by atoms with Crippen molar-refractivity contribution in [2.75, 3.05) is 18.4 Å². The zero-order valence-corrected chi connectivity index (χ0v) is 14.6. The molecule has 0 saturated carbocycles. The van der Waals surface area contributed by atoms with E-state index in [1.807, 2.05) is 0 Å². The van der Waals surface area contributed by atoms with Gasteiger partial charge in [0.1, 0.15) is 0 Å². The molecule has 2 rings (SSSR count). The smallest absolute Gasteiger partial charge is 0.252 e. The second kappa shape index (κ2) is 8.89. The summed E-state index contributed by atoms with van der Waals surface area (Å²) in [5, 5.41) is 8.06. The molecule has 0 fully saturated rings. The number of nitrogens with one attached hydrogen (secondary N) is 3. The van der Waals surface area contributed by atoms with E-state index in [-0.39, 0.29) is 30.8 Å². The molecule has 6 nitrogen and oxygen atoms in total. The molecule has 2 aromatic carbocycles. The number of anilines is 1. The number of hydrogen-bond donors (Lipinski definition) is 4. The van der Waals surface area contributed by atoms with Gasteiger partial charge in [0.05, 0.1) is 5.56 Å². The predicted molar refractivity (Wildman–Crippen MR) is 99.1 cm³/mol. The van der Waals surface area contributed by atoms with Gasteiger partial charge in [0.2, 0.25) is 5.91 Å². The second-order valence-corrected chi connectivity index (χ2v) is 5.77. The third-order valence-electron chi connectivity index (χ3n) is 3.29. The van der Waals surface area contributed by atoms with E-state index in [4.69, 9.17) is 0 Å². The van der Waals surface area contributed by atoms with Crippen LogP contribution in [0.2, 0.25) is 0 Å². The first-order valence-electron chi connectivity index (χ1n) is 7.69. The molecule has 0 heterocycles. The molecule has 0 aliphatic rings. The molecule has 0 aromatic heterocycles. The Hall–Kier alpha value is -2.80. The van der Waals surface area contributed by atoms with Crippen molar-refractivity contribution in [2.24, 2.45) is 0 Å². The zero-order chi connectivity index (χ0) is 18.2. The van der Waals surface area contributed by atoms with Gasteiger partial charge in [0.15, 0.2) is 0 Å². The first kappa shape index (κ1) is 18.5. The lowest BCUT2D eigenvalue weighted by atomic mass is 10.2. The molecule has 0 spiro atoms. The van der Waals surface area contributed by atoms with Crippen LogP contribution in [0.5, 0.6) is 0 Å². The number of amides is 3. The Morgan fingerprint density at radius 2 is 1.60 bits per heavy atom. The highest BCUT2D eigenvalue weighted by Gasteiger charge is 2.09. The Morgan fingerprint density at radius 1 is 0.920 bits per heavy atom. The fourth-order valence-corrected chi connectivity index (χ4v) is 2.42. The summed E-state index contributed by atoms with van der Waals surface area (Å²) in [6.07, 6.45) is 0. The van der Waals surface area contributed by atoms with E-state index in [0.29, 0.717) is 21.7 Å². The highest BCUT2D eigenvalue weighted by Crippen LogP contribution is 2.12. The molecule has 2 aromatic rings. The van der Waals surface area contributed by atoms with Crippen LogP contribution in [0.1, 0.15) is 27.6 Å². The van der Waals surface area contributed by atoms with Gasteiger partial charge in [-0.3, -0.25) is 14.4 Å². The van der Waals surface area contributed by atoms with Crippen molar-refractivity contribution in [1.29, 1.82) is 0 Å². The van der Waals surface area contributed by atoms with Crippen molar-refractivity contribution in [2.45, 2.75) is 11.8 Å². The van der Waals surface area contributed by atoms with Gasteiger partial charge in [-0.1, -0.05) is 18.2 Å². The van der Waals surface area contributed by atoms with E-state index in [2.05, 4.69) is 28.6 Å². The van der Waals surface area contributed by atoms with E-state index >= 15 is 0 Å². The van der Waals surface area contributed by atoms with Gasteiger partial charge in [0, 0.05) is 36.2 Å². The molecule has 130 valence electrons. The summed E-state index contributed by atoms with van der Waals surface area (Å²) in [5.74, 6) is -0.728. The largest absolute Gasteiger partial charge is 0.350 e. The molecule has 0 unspecified atom stereocenters. The van der Waals surface area contributed by atoms with Crippen LogP contribution in [0.4, 0.5) is 5.69 Å². The molecule has 3 amide bonds. The molecule has 0 saturated heterocycles. The Bertz CT molecular complexity index is 793. The average molecular weight is 357 g/mol. The van der Waals surface area contributed by atoms with Gasteiger partial charge in [-0.05, 0) is 30.3 Å². The second-order valence-electron chi connectivity index (χ2n) is 5.29. The van der Waals surface area contributed by atoms with Gasteiger partial charge >= 0.3 is 0 Å². The van der Waals surface area contributed by atoms with Crippen LogP contribution in [0.3, 0.4) is 0 Å². The highest BCUT2D eigenvalue weighted by molar-refractivity contribution is 7.80. The van der Waals surface area contributed by atoms with Gasteiger partial charge in [0.25, 0.3) is 11.8 Å². The number of rotatable bonds is 6. The van der Waals surface area contributed by atoms with Crippen molar-refractivity contribution in [3.05, 3.63) is 59.7 Å². The first-order valence-corrected chi connectivity index (χ1v) is 8.14. The van der Waals surface area contributed by atoms with Crippen molar-refractivity contribution in [1.82, 2.24) is 10.6 Å². The van der Waals surface area contributed by atoms with Crippen LogP contribution in [0.25, 0.3) is 0 Å². The summed E-state index contributed by atoms with van der Waals surface area (Å²) in [6, 6.07) is 13.6. The molecule has 0 aliphatic heterocycles. The molecule has 25 heavy (non-hydrogen) atoms. The first-order chi connectivity index (χ1) is 12.0. The van der Waals surface area contributed by atoms with Crippen LogP contribution in [0.15, 0.2) is 53.4 Å². The SMILES string of the molecule is CC(=O)Nc1cccc(C(=O)NCCNC(=O)c2ccccc2S)c1. The summed E-state index contributed by atoms with van der Waals surface area (Å²) < 4.78 is 0. The van der Waals surface area contributed by atoms with Gasteiger partial charge in [-0.2, -0.15) is 0 Å². The summed E-state index contributed by atoms with van der Waals surface area (Å²) in [5.41, 5.74) is 1.47. The van der Waals surface area contributed by atoms with Gasteiger partial charge in [-0.15, -0.1) is 12.6 Å². The number of benzene rings is 2. The van der Waals surface area contributed by atoms with E-state index < -0.39 is 0 Å². The molecular weight excluding hydrogens is 338 g/mol. The normalized spacial score (nSPS) is 10.0. The topological polar surface area (TPSA) is 87.3 Å². The predicted octanol–water partition coefficient (Wildman–Crippen LogP) is 2.09. The van der Waals surface area contributed by atoms with Crippen LogP contribution in [0, 0.1) is 0 Å². The molecule has 3 N–H and O–H groups in total. The Labute approximate surface area is 151 Å². The lowest BCUT2D eigenvalue weighted by molar-refractivity contribution is -0.114. The van der Waals surface area contributed by atoms with E-state index in [1.165, 1.54) is 6.92 Å². The minimum atomic E-state index is -0.281. The molecular formula is C18H19N3O3S. The van der Waals surface area contributed by atoms with Crippen molar-refractivity contribution in [3.63, 3.8) is 0 Å². The summed E-state index contributed by atoms with van der Waals surface area (Å²) in [4.78, 5) is 35.8. The Morgan fingerprint density at radius 3 is 2.28 bits per heavy atom. The third kappa shape index (κ3) is 5.65. The highest BCUT2D eigenvalue weighted by atomic mass is 32.1. The number of thiol groups is 1. The Kier molecular flexibility index (Phi) is 6.59. The number of carbonyl (C=O) groups is 3. The van der Waals surface area contributed by atoms with E-state index in [1.54, 1.807) is 48.5 Å². The van der Waals surface area contributed by atoms with Crippen LogP contribution in [-0.4, -0.2) is 30.8 Å². The van der Waals surface area contributed by atoms with Crippen LogP contribution < -0.4 is 16.0 Å². The van der Waals surface area contributed by atoms with Crippen LogP contribution in [-0.2, 0) is 4.79 Å². The quantitative estimate of drug-likeness (QED) is 0.472. The van der Waals surface area contributed by atoms with E-state index in [0.717, 1.165) is 0 Å². The van der Waals surface area contributed by atoms with Crippen molar-refractivity contribution in [3.8, 4) is 0 Å². The van der Waals surface area contributed by atoms with Gasteiger partial charge < -0.3 is 16.0 Å². The standard InChI is InChI=1S/C18H19N3O3S/c1-12(22)21-14-6-4-5-13(11-14)17(23)19-9-10-20-18(24)15-7-2-3-8-16(15)25/h2-8,11,25H,9-10H2,1H3,(H,19,23)(H,20,24)(H,21,22).